The summed E-state index contributed by atoms with van der Waals surface area (Å²) in [7, 11) is -3.81. The Kier molecular flexibility index (Phi) is 4.28. The minimum Gasteiger partial charge on any atom is -0.480 e. The average molecular weight is 316 g/mol. The highest BCUT2D eigenvalue weighted by atomic mass is 32.2. The molecule has 1 aliphatic heterocycles. The van der Waals surface area contributed by atoms with Crippen molar-refractivity contribution in [1.29, 1.82) is 0 Å². The number of sulfonamides is 1. The van der Waals surface area contributed by atoms with E-state index in [-0.39, 0.29) is 23.8 Å². The van der Waals surface area contributed by atoms with Gasteiger partial charge in [-0.05, 0) is 12.8 Å². The smallest absolute Gasteiger partial charge is 0.326 e. The van der Waals surface area contributed by atoms with Crippen LogP contribution in [0.1, 0.15) is 19.3 Å². The Morgan fingerprint density at radius 3 is 2.76 bits per heavy atom. The molecule has 0 bridgehead atoms. The van der Waals surface area contributed by atoms with E-state index in [0.717, 1.165) is 6.20 Å². The van der Waals surface area contributed by atoms with Crippen LogP contribution < -0.4 is 5.14 Å². The summed E-state index contributed by atoms with van der Waals surface area (Å²) >= 11 is 0. The first kappa shape index (κ1) is 15.4. The van der Waals surface area contributed by atoms with Crippen LogP contribution in [-0.4, -0.2) is 52.7 Å². The third-order valence-electron chi connectivity index (χ3n) is 3.35. The monoisotopic (exact) mass is 316 g/mol. The molecule has 0 aromatic carbocycles. The van der Waals surface area contributed by atoms with Gasteiger partial charge < -0.3 is 10.0 Å². The van der Waals surface area contributed by atoms with Crippen LogP contribution in [0, 0.1) is 0 Å². The number of carbonyl (C=O) groups is 2. The van der Waals surface area contributed by atoms with Crippen LogP contribution in [0.25, 0.3) is 0 Å². The van der Waals surface area contributed by atoms with Gasteiger partial charge in [0.15, 0.2) is 0 Å². The van der Waals surface area contributed by atoms with Gasteiger partial charge in [0.1, 0.15) is 10.9 Å². The molecule has 1 unspecified atom stereocenters. The van der Waals surface area contributed by atoms with Gasteiger partial charge in [-0.3, -0.25) is 9.48 Å². The molecule has 0 radical (unpaired) electrons. The van der Waals surface area contributed by atoms with Crippen LogP contribution in [0.4, 0.5) is 0 Å². The van der Waals surface area contributed by atoms with Crippen molar-refractivity contribution < 1.29 is 23.1 Å². The predicted octanol–water partition coefficient (Wildman–Crippen LogP) is -1.00. The van der Waals surface area contributed by atoms with Gasteiger partial charge in [-0.1, -0.05) is 0 Å². The standard InChI is InChI=1S/C11H16N4O5S/c12-21(19,20)8-6-13-14(7-8)5-3-10(16)15-4-1-2-9(15)11(17)18/h6-7,9H,1-5H2,(H,17,18)(H2,12,19,20). The molecule has 2 rings (SSSR count). The van der Waals surface area contributed by atoms with Gasteiger partial charge in [0, 0.05) is 25.7 Å². The fourth-order valence-electron chi connectivity index (χ4n) is 2.29. The Labute approximate surface area is 121 Å². The van der Waals surface area contributed by atoms with E-state index in [2.05, 4.69) is 5.10 Å². The minimum atomic E-state index is -3.81. The molecule has 1 aliphatic rings. The number of aryl methyl sites for hydroxylation is 1. The van der Waals surface area contributed by atoms with Gasteiger partial charge in [0.2, 0.25) is 15.9 Å². The Hall–Kier alpha value is -1.94. The van der Waals surface area contributed by atoms with E-state index >= 15 is 0 Å². The van der Waals surface area contributed by atoms with Crippen molar-refractivity contribution in [3.63, 3.8) is 0 Å². The lowest BCUT2D eigenvalue weighted by atomic mass is 10.2. The zero-order chi connectivity index (χ0) is 15.6. The van der Waals surface area contributed by atoms with Crippen molar-refractivity contribution in [3.05, 3.63) is 12.4 Å². The third kappa shape index (κ3) is 3.58. The number of rotatable bonds is 5. The number of aromatic nitrogens is 2. The number of amides is 1. The molecule has 21 heavy (non-hydrogen) atoms. The first-order valence-corrected chi connectivity index (χ1v) is 7.91. The summed E-state index contributed by atoms with van der Waals surface area (Å²) in [5.41, 5.74) is 0. The summed E-state index contributed by atoms with van der Waals surface area (Å²) in [5.74, 6) is -1.29. The highest BCUT2D eigenvalue weighted by Gasteiger charge is 2.33. The molecule has 3 N–H and O–H groups in total. The number of likely N-dealkylation sites (tertiary alicyclic amines) is 1. The number of nitrogens with two attached hydrogens (primary N) is 1. The van der Waals surface area contributed by atoms with E-state index in [1.165, 1.54) is 15.8 Å². The molecule has 2 heterocycles. The molecule has 116 valence electrons. The molecule has 1 aromatic rings. The molecule has 9 nitrogen and oxygen atoms in total. The van der Waals surface area contributed by atoms with E-state index < -0.39 is 22.0 Å². The van der Waals surface area contributed by atoms with Crippen LogP contribution in [-0.2, 0) is 26.2 Å². The molecular formula is C11H16N4O5S. The Morgan fingerprint density at radius 1 is 1.48 bits per heavy atom. The van der Waals surface area contributed by atoms with Crippen molar-refractivity contribution >= 4 is 21.9 Å². The maximum Gasteiger partial charge on any atom is 0.326 e. The zero-order valence-electron chi connectivity index (χ0n) is 11.2. The second-order valence-corrected chi connectivity index (χ2v) is 6.38. The molecule has 0 saturated carbocycles. The maximum absolute atomic E-state index is 12.0. The predicted molar refractivity (Wildman–Crippen MR) is 70.6 cm³/mol. The van der Waals surface area contributed by atoms with Gasteiger partial charge >= 0.3 is 5.97 Å². The summed E-state index contributed by atoms with van der Waals surface area (Å²) in [5, 5.41) is 17.8. The SMILES string of the molecule is NS(=O)(=O)c1cnn(CCC(=O)N2CCCC2C(=O)O)c1. The summed E-state index contributed by atoms with van der Waals surface area (Å²) < 4.78 is 23.5. The summed E-state index contributed by atoms with van der Waals surface area (Å²) in [6.45, 7) is 0.592. The van der Waals surface area contributed by atoms with Gasteiger partial charge in [0.05, 0.1) is 6.20 Å². The number of carbonyl (C=O) groups excluding carboxylic acids is 1. The topological polar surface area (TPSA) is 136 Å². The Morgan fingerprint density at radius 2 is 2.19 bits per heavy atom. The number of hydrogen-bond donors (Lipinski definition) is 2. The quantitative estimate of drug-likeness (QED) is 0.715. The number of hydrogen-bond acceptors (Lipinski definition) is 5. The minimum absolute atomic E-state index is 0.0511. The third-order valence-corrected chi connectivity index (χ3v) is 4.22. The van der Waals surface area contributed by atoms with Crippen LogP contribution in [0.2, 0.25) is 0 Å². The van der Waals surface area contributed by atoms with E-state index in [4.69, 9.17) is 10.2 Å². The fraction of sp³-hybridized carbons (Fsp3) is 0.545. The first-order chi connectivity index (χ1) is 9.79. The van der Waals surface area contributed by atoms with E-state index in [9.17, 15) is 18.0 Å². The molecule has 1 atom stereocenters. The highest BCUT2D eigenvalue weighted by Crippen LogP contribution is 2.18. The lowest BCUT2D eigenvalue weighted by Crippen LogP contribution is -2.40. The molecule has 1 amide bonds. The Bertz CT molecular complexity index is 653. The highest BCUT2D eigenvalue weighted by molar-refractivity contribution is 7.89. The van der Waals surface area contributed by atoms with Crippen LogP contribution in [0.15, 0.2) is 17.3 Å². The van der Waals surface area contributed by atoms with Crippen molar-refractivity contribution in [2.45, 2.75) is 36.7 Å². The van der Waals surface area contributed by atoms with Gasteiger partial charge in [-0.15, -0.1) is 0 Å². The van der Waals surface area contributed by atoms with Crippen molar-refractivity contribution in [3.8, 4) is 0 Å². The van der Waals surface area contributed by atoms with Crippen molar-refractivity contribution in [1.82, 2.24) is 14.7 Å². The van der Waals surface area contributed by atoms with Gasteiger partial charge in [-0.2, -0.15) is 5.10 Å². The van der Waals surface area contributed by atoms with Gasteiger partial charge in [-0.25, -0.2) is 18.4 Å². The number of carboxylic acid groups (broad SMARTS) is 1. The van der Waals surface area contributed by atoms with Crippen LogP contribution >= 0.6 is 0 Å². The average Bonchev–Trinajstić information content (AvgIpc) is 3.04. The number of nitrogens with zero attached hydrogens (tertiary/aromatic N) is 3. The van der Waals surface area contributed by atoms with Gasteiger partial charge in [0.25, 0.3) is 0 Å². The van der Waals surface area contributed by atoms with E-state index in [1.807, 2.05) is 0 Å². The molecule has 1 saturated heterocycles. The van der Waals surface area contributed by atoms with Crippen LogP contribution in [0.3, 0.4) is 0 Å². The number of aliphatic carboxylic acids is 1. The van der Waals surface area contributed by atoms with E-state index in [0.29, 0.717) is 19.4 Å². The van der Waals surface area contributed by atoms with Crippen LogP contribution in [0.5, 0.6) is 0 Å². The van der Waals surface area contributed by atoms with Crippen molar-refractivity contribution in [2.24, 2.45) is 5.14 Å². The molecule has 0 aliphatic carbocycles. The lowest BCUT2D eigenvalue weighted by Gasteiger charge is -2.21. The molecule has 1 aromatic heterocycles. The largest absolute Gasteiger partial charge is 0.480 e. The molecule has 0 spiro atoms. The molecular weight excluding hydrogens is 300 g/mol. The van der Waals surface area contributed by atoms with Crippen molar-refractivity contribution in [2.75, 3.05) is 6.54 Å². The van der Waals surface area contributed by atoms with E-state index in [1.54, 1.807) is 0 Å². The lowest BCUT2D eigenvalue weighted by molar-refractivity contribution is -0.148. The zero-order valence-corrected chi connectivity index (χ0v) is 12.0. The normalized spacial score (nSPS) is 18.9. The Balaban J connectivity index is 1.95. The number of primary sulfonamides is 1. The molecule has 1 fully saturated rings. The maximum atomic E-state index is 12.0. The second-order valence-electron chi connectivity index (χ2n) is 4.82. The molecule has 10 heteroatoms. The first-order valence-electron chi connectivity index (χ1n) is 6.36. The second kappa shape index (κ2) is 5.82. The number of carboxylic acids is 1. The summed E-state index contributed by atoms with van der Waals surface area (Å²) in [6.07, 6.45) is 3.52. The summed E-state index contributed by atoms with van der Waals surface area (Å²) in [6, 6.07) is -0.768. The summed E-state index contributed by atoms with van der Waals surface area (Å²) in [4.78, 5) is 24.2. The fourth-order valence-corrected chi connectivity index (χ4v) is 2.75.